The number of carbonyl (C=O) groups is 2. The summed E-state index contributed by atoms with van der Waals surface area (Å²) in [4.78, 5) is 24.4. The SMILES string of the molecule is O=C(OCc1ccccc1)C1CC2(C1)CC(C(=O)OCc1ccccc1)C2. The second kappa shape index (κ2) is 7.55. The van der Waals surface area contributed by atoms with Crippen LogP contribution in [0.3, 0.4) is 0 Å². The first-order valence-electron chi connectivity index (χ1n) is 9.55. The van der Waals surface area contributed by atoms with Crippen molar-refractivity contribution in [2.24, 2.45) is 17.3 Å². The standard InChI is InChI=1S/C23H24O4/c24-21(26-15-17-7-3-1-4-8-17)19-11-23(12-19)13-20(14-23)22(25)27-16-18-9-5-2-6-10-18/h1-10,19-20H,11-16H2. The molecule has 0 aliphatic heterocycles. The molecule has 2 aliphatic carbocycles. The Balaban J connectivity index is 1.16. The summed E-state index contributed by atoms with van der Waals surface area (Å²) in [6.07, 6.45) is 3.35. The fourth-order valence-corrected chi connectivity index (χ4v) is 4.33. The molecule has 4 nitrogen and oxygen atoms in total. The molecule has 0 radical (unpaired) electrons. The maximum Gasteiger partial charge on any atom is 0.309 e. The predicted molar refractivity (Wildman–Crippen MR) is 100 cm³/mol. The molecule has 2 aromatic rings. The van der Waals surface area contributed by atoms with Crippen molar-refractivity contribution < 1.29 is 19.1 Å². The molecule has 0 saturated heterocycles. The molecule has 0 aromatic heterocycles. The monoisotopic (exact) mass is 364 g/mol. The van der Waals surface area contributed by atoms with Crippen LogP contribution in [0.15, 0.2) is 60.7 Å². The zero-order valence-electron chi connectivity index (χ0n) is 15.3. The van der Waals surface area contributed by atoms with E-state index >= 15 is 0 Å². The highest BCUT2D eigenvalue weighted by Gasteiger charge is 2.57. The molecule has 4 heteroatoms. The number of carbonyl (C=O) groups excluding carboxylic acids is 2. The first-order valence-corrected chi connectivity index (χ1v) is 9.55. The minimum absolute atomic E-state index is 0.0185. The molecule has 140 valence electrons. The Morgan fingerprint density at radius 3 is 1.44 bits per heavy atom. The Morgan fingerprint density at radius 2 is 1.07 bits per heavy atom. The smallest absolute Gasteiger partial charge is 0.309 e. The highest BCUT2D eigenvalue weighted by Crippen LogP contribution is 2.61. The molecule has 1 spiro atoms. The van der Waals surface area contributed by atoms with Crippen LogP contribution in [0.25, 0.3) is 0 Å². The van der Waals surface area contributed by atoms with E-state index in [9.17, 15) is 9.59 Å². The van der Waals surface area contributed by atoms with Crippen LogP contribution in [0, 0.1) is 17.3 Å². The summed E-state index contributed by atoms with van der Waals surface area (Å²) in [6.45, 7) is 0.662. The largest absolute Gasteiger partial charge is 0.461 e. The van der Waals surface area contributed by atoms with Gasteiger partial charge in [0.1, 0.15) is 13.2 Å². The quantitative estimate of drug-likeness (QED) is 0.718. The van der Waals surface area contributed by atoms with Crippen molar-refractivity contribution in [1.82, 2.24) is 0 Å². The summed E-state index contributed by atoms with van der Waals surface area (Å²) in [7, 11) is 0. The topological polar surface area (TPSA) is 52.6 Å². The lowest BCUT2D eigenvalue weighted by Crippen LogP contribution is -2.52. The summed E-state index contributed by atoms with van der Waals surface area (Å²) in [5, 5.41) is 0. The van der Waals surface area contributed by atoms with Crippen LogP contribution in [0.5, 0.6) is 0 Å². The molecule has 2 saturated carbocycles. The summed E-state index contributed by atoms with van der Waals surface area (Å²) in [5.41, 5.74) is 2.17. The summed E-state index contributed by atoms with van der Waals surface area (Å²) in [6, 6.07) is 19.4. The summed E-state index contributed by atoms with van der Waals surface area (Å²) >= 11 is 0. The molecule has 2 aliphatic rings. The highest BCUT2D eigenvalue weighted by molar-refractivity contribution is 5.76. The minimum Gasteiger partial charge on any atom is -0.461 e. The fourth-order valence-electron chi connectivity index (χ4n) is 4.33. The molecule has 0 unspecified atom stereocenters. The molecule has 0 amide bonds. The van der Waals surface area contributed by atoms with Crippen LogP contribution in [0.4, 0.5) is 0 Å². The van der Waals surface area contributed by atoms with Crippen LogP contribution in [0.1, 0.15) is 36.8 Å². The Hall–Kier alpha value is -2.62. The van der Waals surface area contributed by atoms with E-state index in [4.69, 9.17) is 9.47 Å². The second-order valence-corrected chi connectivity index (χ2v) is 7.90. The second-order valence-electron chi connectivity index (χ2n) is 7.90. The Bertz CT molecular complexity index is 715. The van der Waals surface area contributed by atoms with Crippen molar-refractivity contribution in [1.29, 1.82) is 0 Å². The van der Waals surface area contributed by atoms with Crippen molar-refractivity contribution in [2.45, 2.75) is 38.9 Å². The van der Waals surface area contributed by atoms with Gasteiger partial charge in [0.05, 0.1) is 11.8 Å². The lowest BCUT2D eigenvalue weighted by molar-refractivity contribution is -0.175. The average molecular weight is 364 g/mol. The number of hydrogen-bond donors (Lipinski definition) is 0. The molecule has 0 heterocycles. The maximum atomic E-state index is 12.2. The van der Waals surface area contributed by atoms with Gasteiger partial charge in [-0.25, -0.2) is 0 Å². The number of benzene rings is 2. The number of rotatable bonds is 6. The highest BCUT2D eigenvalue weighted by atomic mass is 16.5. The Kier molecular flexibility index (Phi) is 4.97. The fraction of sp³-hybridized carbons (Fsp3) is 0.391. The Labute approximate surface area is 159 Å². The predicted octanol–water partition coefficient (Wildman–Crippen LogP) is 4.28. The van der Waals surface area contributed by atoms with E-state index in [1.165, 1.54) is 0 Å². The molecule has 2 fully saturated rings. The lowest BCUT2D eigenvalue weighted by Gasteiger charge is -2.56. The first-order chi connectivity index (χ1) is 13.1. The van der Waals surface area contributed by atoms with E-state index in [1.54, 1.807) is 0 Å². The van der Waals surface area contributed by atoms with Crippen LogP contribution >= 0.6 is 0 Å². The van der Waals surface area contributed by atoms with Gasteiger partial charge in [-0.3, -0.25) is 9.59 Å². The van der Waals surface area contributed by atoms with Crippen molar-refractivity contribution in [3.63, 3.8) is 0 Å². The third-order valence-electron chi connectivity index (χ3n) is 5.83. The van der Waals surface area contributed by atoms with Crippen LogP contribution in [0.2, 0.25) is 0 Å². The van der Waals surface area contributed by atoms with Gasteiger partial charge in [-0.1, -0.05) is 60.7 Å². The Morgan fingerprint density at radius 1 is 0.704 bits per heavy atom. The van der Waals surface area contributed by atoms with Gasteiger partial charge in [0.25, 0.3) is 0 Å². The molecule has 0 N–H and O–H groups in total. The van der Waals surface area contributed by atoms with Gasteiger partial charge < -0.3 is 9.47 Å². The minimum atomic E-state index is -0.111. The zero-order chi connectivity index (χ0) is 18.7. The van der Waals surface area contributed by atoms with Crippen LogP contribution < -0.4 is 0 Å². The zero-order valence-corrected chi connectivity index (χ0v) is 15.3. The van der Waals surface area contributed by atoms with Crippen molar-refractivity contribution in [3.8, 4) is 0 Å². The van der Waals surface area contributed by atoms with Gasteiger partial charge in [0, 0.05) is 0 Å². The van der Waals surface area contributed by atoms with E-state index in [2.05, 4.69) is 0 Å². The van der Waals surface area contributed by atoms with E-state index in [0.29, 0.717) is 13.2 Å². The van der Waals surface area contributed by atoms with Crippen LogP contribution in [-0.2, 0) is 32.3 Å². The van der Waals surface area contributed by atoms with Crippen molar-refractivity contribution in [2.75, 3.05) is 0 Å². The molecule has 0 atom stereocenters. The van der Waals surface area contributed by atoms with Gasteiger partial charge in [-0.2, -0.15) is 0 Å². The number of hydrogen-bond acceptors (Lipinski definition) is 4. The normalized spacial score (nSPS) is 25.9. The van der Waals surface area contributed by atoms with Gasteiger partial charge in [-0.05, 0) is 42.2 Å². The molecular formula is C23H24O4. The molecule has 4 rings (SSSR count). The van der Waals surface area contributed by atoms with E-state index in [1.807, 2.05) is 60.7 Å². The molecule has 2 aromatic carbocycles. The van der Waals surface area contributed by atoms with Crippen LogP contribution in [-0.4, -0.2) is 11.9 Å². The van der Waals surface area contributed by atoms with Crippen molar-refractivity contribution >= 4 is 11.9 Å². The molecular weight excluding hydrogens is 340 g/mol. The summed E-state index contributed by atoms with van der Waals surface area (Å²) < 4.78 is 10.9. The maximum absolute atomic E-state index is 12.2. The van der Waals surface area contributed by atoms with E-state index in [0.717, 1.165) is 36.8 Å². The third kappa shape index (κ3) is 4.05. The van der Waals surface area contributed by atoms with E-state index in [-0.39, 0.29) is 29.2 Å². The average Bonchev–Trinajstić information content (AvgIpc) is 2.64. The number of esters is 2. The summed E-state index contributed by atoms with van der Waals surface area (Å²) in [5.74, 6) is -0.260. The van der Waals surface area contributed by atoms with Gasteiger partial charge >= 0.3 is 11.9 Å². The van der Waals surface area contributed by atoms with E-state index < -0.39 is 0 Å². The number of ether oxygens (including phenoxy) is 2. The third-order valence-corrected chi connectivity index (χ3v) is 5.83. The molecule has 27 heavy (non-hydrogen) atoms. The van der Waals surface area contributed by atoms with Gasteiger partial charge in [0.2, 0.25) is 0 Å². The van der Waals surface area contributed by atoms with Gasteiger partial charge in [-0.15, -0.1) is 0 Å². The molecule has 0 bridgehead atoms. The van der Waals surface area contributed by atoms with Gasteiger partial charge in [0.15, 0.2) is 0 Å². The lowest BCUT2D eigenvalue weighted by atomic mass is 9.48. The van der Waals surface area contributed by atoms with Crippen molar-refractivity contribution in [3.05, 3.63) is 71.8 Å². The first kappa shape index (κ1) is 17.8.